The van der Waals surface area contributed by atoms with Crippen LogP contribution in [0.3, 0.4) is 0 Å². The number of pyridine rings is 1. The van der Waals surface area contributed by atoms with Crippen molar-refractivity contribution in [2.45, 2.75) is 65.7 Å². The Labute approximate surface area is 100 Å². The van der Waals surface area contributed by atoms with Crippen LogP contribution >= 0.6 is 0 Å². The van der Waals surface area contributed by atoms with Crippen molar-refractivity contribution in [3.8, 4) is 0 Å². The molecule has 0 aliphatic heterocycles. The summed E-state index contributed by atoms with van der Waals surface area (Å²) < 4.78 is 0. The first-order valence-corrected chi connectivity index (χ1v) is 6.78. The zero-order valence-electron chi connectivity index (χ0n) is 11.1. The molecule has 0 aliphatic carbocycles. The zero-order chi connectivity index (χ0) is 11.8. The number of aryl methyl sites for hydroxylation is 3. The van der Waals surface area contributed by atoms with Gasteiger partial charge >= 0.3 is 0 Å². The van der Waals surface area contributed by atoms with E-state index < -0.39 is 0 Å². The van der Waals surface area contributed by atoms with E-state index in [1.54, 1.807) is 0 Å². The minimum atomic E-state index is 1.05. The fraction of sp³-hybridized carbons (Fsp3) is 0.667. The number of rotatable bonds is 7. The molecule has 0 radical (unpaired) electrons. The third-order valence-corrected chi connectivity index (χ3v) is 2.96. The third-order valence-electron chi connectivity index (χ3n) is 2.96. The predicted molar refractivity (Wildman–Crippen MR) is 70.8 cm³/mol. The molecule has 1 aromatic rings. The molecule has 16 heavy (non-hydrogen) atoms. The second kappa shape index (κ2) is 7.43. The van der Waals surface area contributed by atoms with Gasteiger partial charge in [0.25, 0.3) is 0 Å². The molecule has 0 fully saturated rings. The van der Waals surface area contributed by atoms with Crippen LogP contribution in [0.15, 0.2) is 12.1 Å². The topological polar surface area (TPSA) is 12.9 Å². The molecular weight excluding hydrogens is 194 g/mol. The molecule has 0 atom stereocenters. The summed E-state index contributed by atoms with van der Waals surface area (Å²) >= 11 is 0. The number of unbranched alkanes of at least 4 members (excludes halogenated alkanes) is 2. The predicted octanol–water partition coefficient (Wildman–Crippen LogP) is 4.33. The highest BCUT2D eigenvalue weighted by atomic mass is 14.7. The second-order valence-corrected chi connectivity index (χ2v) is 4.52. The summed E-state index contributed by atoms with van der Waals surface area (Å²) in [7, 11) is 0. The molecule has 0 spiro atoms. The highest BCUT2D eigenvalue weighted by Crippen LogP contribution is 2.12. The van der Waals surface area contributed by atoms with Gasteiger partial charge in [0, 0.05) is 11.4 Å². The molecule has 0 bridgehead atoms. The Balaban J connectivity index is 2.74. The lowest BCUT2D eigenvalue weighted by Gasteiger charge is -2.07. The molecule has 1 nitrogen and oxygen atoms in total. The van der Waals surface area contributed by atoms with E-state index in [0.29, 0.717) is 0 Å². The molecule has 1 rings (SSSR count). The first kappa shape index (κ1) is 13.2. The third kappa shape index (κ3) is 4.34. The van der Waals surface area contributed by atoms with Gasteiger partial charge in [-0.15, -0.1) is 0 Å². The average Bonchev–Trinajstić information content (AvgIpc) is 2.33. The number of nitrogens with zero attached hydrogens (tertiary/aromatic N) is 1. The molecule has 1 heterocycles. The van der Waals surface area contributed by atoms with Crippen LogP contribution < -0.4 is 0 Å². The largest absolute Gasteiger partial charge is 0.258 e. The maximum Gasteiger partial charge on any atom is 0.0409 e. The molecule has 90 valence electrons. The summed E-state index contributed by atoms with van der Waals surface area (Å²) in [5.74, 6) is 0. The Kier molecular flexibility index (Phi) is 6.14. The van der Waals surface area contributed by atoms with E-state index in [-0.39, 0.29) is 0 Å². The van der Waals surface area contributed by atoms with Crippen molar-refractivity contribution in [3.63, 3.8) is 0 Å². The first-order valence-electron chi connectivity index (χ1n) is 6.78. The molecule has 1 heteroatoms. The summed E-state index contributed by atoms with van der Waals surface area (Å²) in [4.78, 5) is 4.70. The molecular formula is C15H25N. The van der Waals surface area contributed by atoms with Gasteiger partial charge in [0.15, 0.2) is 0 Å². The SMILES string of the molecule is CCCCc1cc(CC)nc(CCCC)c1. The fourth-order valence-electron chi connectivity index (χ4n) is 1.91. The van der Waals surface area contributed by atoms with Gasteiger partial charge in [0.05, 0.1) is 0 Å². The highest BCUT2D eigenvalue weighted by molar-refractivity contribution is 5.22. The lowest BCUT2D eigenvalue weighted by molar-refractivity contribution is 0.757. The summed E-state index contributed by atoms with van der Waals surface area (Å²) in [5.41, 5.74) is 4.05. The summed E-state index contributed by atoms with van der Waals surface area (Å²) in [5, 5.41) is 0. The normalized spacial score (nSPS) is 10.7. The minimum absolute atomic E-state index is 1.05. The van der Waals surface area contributed by atoms with Crippen molar-refractivity contribution in [1.82, 2.24) is 4.98 Å². The van der Waals surface area contributed by atoms with E-state index in [4.69, 9.17) is 4.98 Å². The first-order chi connectivity index (χ1) is 7.80. The summed E-state index contributed by atoms with van der Waals surface area (Å²) in [6, 6.07) is 4.59. The molecule has 0 aliphatic rings. The van der Waals surface area contributed by atoms with Gasteiger partial charge in [0.2, 0.25) is 0 Å². The zero-order valence-corrected chi connectivity index (χ0v) is 11.1. The van der Waals surface area contributed by atoms with Gasteiger partial charge < -0.3 is 0 Å². The van der Waals surface area contributed by atoms with Gasteiger partial charge in [-0.3, -0.25) is 4.98 Å². The molecule has 0 amide bonds. The van der Waals surface area contributed by atoms with Gasteiger partial charge in [-0.05, 0) is 49.8 Å². The number of hydrogen-bond donors (Lipinski definition) is 0. The Morgan fingerprint density at radius 3 is 2.12 bits per heavy atom. The van der Waals surface area contributed by atoms with Crippen LogP contribution in [0.2, 0.25) is 0 Å². The van der Waals surface area contributed by atoms with E-state index >= 15 is 0 Å². The lowest BCUT2D eigenvalue weighted by atomic mass is 10.0. The quantitative estimate of drug-likeness (QED) is 0.665. The molecule has 0 aromatic carbocycles. The minimum Gasteiger partial charge on any atom is -0.258 e. The van der Waals surface area contributed by atoms with Gasteiger partial charge in [-0.2, -0.15) is 0 Å². The van der Waals surface area contributed by atoms with Gasteiger partial charge in [-0.25, -0.2) is 0 Å². The van der Waals surface area contributed by atoms with Crippen LogP contribution in [0, 0.1) is 0 Å². The maximum atomic E-state index is 4.70. The van der Waals surface area contributed by atoms with Crippen molar-refractivity contribution in [1.29, 1.82) is 0 Å². The van der Waals surface area contributed by atoms with Gasteiger partial charge in [-0.1, -0.05) is 33.6 Å². The van der Waals surface area contributed by atoms with E-state index in [2.05, 4.69) is 32.9 Å². The van der Waals surface area contributed by atoms with E-state index in [1.165, 1.54) is 49.1 Å². The number of aromatic nitrogens is 1. The molecule has 0 unspecified atom stereocenters. The van der Waals surface area contributed by atoms with Crippen molar-refractivity contribution in [2.75, 3.05) is 0 Å². The lowest BCUT2D eigenvalue weighted by Crippen LogP contribution is -1.98. The molecule has 0 saturated carbocycles. The maximum absolute atomic E-state index is 4.70. The van der Waals surface area contributed by atoms with Crippen molar-refractivity contribution < 1.29 is 0 Å². The van der Waals surface area contributed by atoms with Gasteiger partial charge in [0.1, 0.15) is 0 Å². The van der Waals surface area contributed by atoms with E-state index in [0.717, 1.165) is 12.8 Å². The van der Waals surface area contributed by atoms with E-state index in [1.807, 2.05) is 0 Å². The average molecular weight is 219 g/mol. The summed E-state index contributed by atoms with van der Waals surface area (Å²) in [6.45, 7) is 6.68. The summed E-state index contributed by atoms with van der Waals surface area (Å²) in [6.07, 6.45) is 8.48. The van der Waals surface area contributed by atoms with Crippen LogP contribution in [0.4, 0.5) is 0 Å². The van der Waals surface area contributed by atoms with Crippen LogP contribution in [0.1, 0.15) is 63.4 Å². The monoisotopic (exact) mass is 219 g/mol. The Morgan fingerprint density at radius 1 is 0.875 bits per heavy atom. The van der Waals surface area contributed by atoms with Crippen LogP contribution in [0.5, 0.6) is 0 Å². The van der Waals surface area contributed by atoms with Crippen molar-refractivity contribution >= 4 is 0 Å². The second-order valence-electron chi connectivity index (χ2n) is 4.52. The Hall–Kier alpha value is -0.850. The van der Waals surface area contributed by atoms with Crippen molar-refractivity contribution in [2.24, 2.45) is 0 Å². The Morgan fingerprint density at radius 2 is 1.50 bits per heavy atom. The molecule has 0 N–H and O–H groups in total. The highest BCUT2D eigenvalue weighted by Gasteiger charge is 2.01. The standard InChI is InChI=1S/C15H25N/c1-4-7-9-13-11-14(6-3)16-15(12-13)10-8-5-2/h11-12H,4-10H2,1-3H3. The molecule has 1 aromatic heterocycles. The molecule has 0 saturated heterocycles. The van der Waals surface area contributed by atoms with E-state index in [9.17, 15) is 0 Å². The van der Waals surface area contributed by atoms with Crippen LogP contribution in [-0.4, -0.2) is 4.98 Å². The van der Waals surface area contributed by atoms with Crippen molar-refractivity contribution in [3.05, 3.63) is 29.1 Å². The smallest absolute Gasteiger partial charge is 0.0409 e. The van der Waals surface area contributed by atoms with Crippen LogP contribution in [0.25, 0.3) is 0 Å². The fourth-order valence-corrected chi connectivity index (χ4v) is 1.91. The Bertz CT molecular complexity index is 278. The van der Waals surface area contributed by atoms with Crippen LogP contribution in [-0.2, 0) is 19.3 Å². The number of hydrogen-bond acceptors (Lipinski definition) is 1.